The number of sulfone groups is 1. The second kappa shape index (κ2) is 6.62. The molecule has 0 aromatic heterocycles. The number of benzene rings is 1. The van der Waals surface area contributed by atoms with Crippen molar-refractivity contribution in [3.8, 4) is 0 Å². The van der Waals surface area contributed by atoms with Gasteiger partial charge in [-0.3, -0.25) is 0 Å². The van der Waals surface area contributed by atoms with Crippen LogP contribution in [0.15, 0.2) is 35.2 Å². The minimum atomic E-state index is -3.08. The highest BCUT2D eigenvalue weighted by Gasteiger charge is 2.17. The van der Waals surface area contributed by atoms with Crippen LogP contribution in [0.2, 0.25) is 0 Å². The van der Waals surface area contributed by atoms with E-state index < -0.39 is 9.84 Å². The topological polar surface area (TPSA) is 34.1 Å². The quantitative estimate of drug-likeness (QED) is 0.829. The molecule has 0 radical (unpaired) electrons. The van der Waals surface area contributed by atoms with Gasteiger partial charge in [-0.05, 0) is 25.0 Å². The summed E-state index contributed by atoms with van der Waals surface area (Å²) in [6.07, 6.45) is 6.48. The molecule has 0 saturated heterocycles. The Morgan fingerprint density at radius 2 is 1.72 bits per heavy atom. The Balaban J connectivity index is 1.82. The van der Waals surface area contributed by atoms with E-state index in [9.17, 15) is 8.42 Å². The van der Waals surface area contributed by atoms with Gasteiger partial charge < -0.3 is 0 Å². The van der Waals surface area contributed by atoms with Crippen LogP contribution in [-0.4, -0.2) is 25.2 Å². The van der Waals surface area contributed by atoms with Crippen molar-refractivity contribution in [2.24, 2.45) is 0 Å². The van der Waals surface area contributed by atoms with Gasteiger partial charge in [-0.25, -0.2) is 8.42 Å². The van der Waals surface area contributed by atoms with Gasteiger partial charge in [-0.2, -0.15) is 11.8 Å². The maximum atomic E-state index is 12.1. The van der Waals surface area contributed by atoms with Crippen LogP contribution in [0.25, 0.3) is 0 Å². The fraction of sp³-hybridized carbons (Fsp3) is 0.571. The van der Waals surface area contributed by atoms with Gasteiger partial charge in [0.15, 0.2) is 9.84 Å². The molecular weight excluding hydrogens is 264 g/mol. The van der Waals surface area contributed by atoms with Gasteiger partial charge >= 0.3 is 0 Å². The molecule has 0 bridgehead atoms. The highest BCUT2D eigenvalue weighted by atomic mass is 32.2. The molecule has 1 aromatic rings. The Kier molecular flexibility index (Phi) is 5.13. The molecule has 0 unspecified atom stereocenters. The van der Waals surface area contributed by atoms with Crippen molar-refractivity contribution in [1.29, 1.82) is 0 Å². The molecule has 1 aliphatic carbocycles. The number of rotatable bonds is 5. The first-order chi connectivity index (χ1) is 8.68. The number of hydrogen-bond donors (Lipinski definition) is 0. The van der Waals surface area contributed by atoms with Crippen LogP contribution in [0, 0.1) is 0 Å². The third-order valence-electron chi connectivity index (χ3n) is 3.36. The van der Waals surface area contributed by atoms with Crippen molar-refractivity contribution < 1.29 is 8.42 Å². The fourth-order valence-electron chi connectivity index (χ4n) is 2.30. The molecule has 1 fully saturated rings. The Hall–Kier alpha value is -0.480. The van der Waals surface area contributed by atoms with Gasteiger partial charge in [-0.15, -0.1) is 0 Å². The van der Waals surface area contributed by atoms with E-state index in [0.717, 1.165) is 5.75 Å². The second-order valence-electron chi connectivity index (χ2n) is 4.76. The van der Waals surface area contributed by atoms with Crippen LogP contribution < -0.4 is 0 Å². The van der Waals surface area contributed by atoms with Crippen molar-refractivity contribution in [2.75, 3.05) is 11.5 Å². The lowest BCUT2D eigenvalue weighted by molar-refractivity contribution is 0.516. The van der Waals surface area contributed by atoms with E-state index in [1.54, 1.807) is 24.3 Å². The zero-order valence-electron chi connectivity index (χ0n) is 10.5. The average molecular weight is 284 g/mol. The number of hydrogen-bond acceptors (Lipinski definition) is 3. The summed E-state index contributed by atoms with van der Waals surface area (Å²) in [4.78, 5) is 0.453. The summed E-state index contributed by atoms with van der Waals surface area (Å²) < 4.78 is 24.1. The summed E-state index contributed by atoms with van der Waals surface area (Å²) in [6.45, 7) is 0. The average Bonchev–Trinajstić information content (AvgIpc) is 2.41. The first kappa shape index (κ1) is 13.9. The molecule has 4 heteroatoms. The van der Waals surface area contributed by atoms with E-state index in [1.165, 1.54) is 32.1 Å². The maximum absolute atomic E-state index is 12.1. The molecule has 1 aliphatic rings. The largest absolute Gasteiger partial charge is 0.224 e. The lowest BCUT2D eigenvalue weighted by Crippen LogP contribution is -2.13. The van der Waals surface area contributed by atoms with Gasteiger partial charge in [-0.1, -0.05) is 37.5 Å². The Morgan fingerprint density at radius 1 is 1.06 bits per heavy atom. The molecule has 0 aliphatic heterocycles. The fourth-order valence-corrected chi connectivity index (χ4v) is 5.37. The van der Waals surface area contributed by atoms with E-state index in [0.29, 0.717) is 10.1 Å². The molecule has 1 saturated carbocycles. The van der Waals surface area contributed by atoms with E-state index in [4.69, 9.17) is 0 Å². The summed E-state index contributed by atoms with van der Waals surface area (Å²) in [7, 11) is -3.08. The lowest BCUT2D eigenvalue weighted by Gasteiger charge is -2.20. The van der Waals surface area contributed by atoms with Crippen LogP contribution in [0.3, 0.4) is 0 Å². The molecule has 2 rings (SSSR count). The molecule has 1 aromatic carbocycles. The molecule has 100 valence electrons. The zero-order chi connectivity index (χ0) is 12.8. The predicted molar refractivity (Wildman–Crippen MR) is 77.8 cm³/mol. The van der Waals surface area contributed by atoms with Crippen LogP contribution in [0.5, 0.6) is 0 Å². The van der Waals surface area contributed by atoms with Gasteiger partial charge in [0.25, 0.3) is 0 Å². The molecule has 18 heavy (non-hydrogen) atoms. The second-order valence-corrected chi connectivity index (χ2v) is 8.28. The van der Waals surface area contributed by atoms with Crippen molar-refractivity contribution in [3.63, 3.8) is 0 Å². The molecule has 0 amide bonds. The molecule has 0 atom stereocenters. The van der Waals surface area contributed by atoms with Crippen LogP contribution >= 0.6 is 11.8 Å². The lowest BCUT2D eigenvalue weighted by atomic mass is 10.0. The number of thioether (sulfide) groups is 1. The summed E-state index contributed by atoms with van der Waals surface area (Å²) in [5, 5.41) is 0.685. The molecule has 0 heterocycles. The first-order valence-electron chi connectivity index (χ1n) is 6.58. The molecule has 2 nitrogen and oxygen atoms in total. The molecule has 0 spiro atoms. The van der Waals surface area contributed by atoms with Crippen molar-refractivity contribution in [2.45, 2.75) is 42.2 Å². The SMILES string of the molecule is O=S(=O)(CCSC1CCCCC1)c1ccccc1. The van der Waals surface area contributed by atoms with E-state index in [1.807, 2.05) is 17.8 Å². The summed E-state index contributed by atoms with van der Waals surface area (Å²) in [5.74, 6) is 0.986. The summed E-state index contributed by atoms with van der Waals surface area (Å²) >= 11 is 1.84. The van der Waals surface area contributed by atoms with Gasteiger partial charge in [0, 0.05) is 11.0 Å². The van der Waals surface area contributed by atoms with Crippen molar-refractivity contribution >= 4 is 21.6 Å². The Labute approximate surface area is 114 Å². The van der Waals surface area contributed by atoms with Gasteiger partial charge in [0.05, 0.1) is 10.6 Å². The Morgan fingerprint density at radius 3 is 2.39 bits per heavy atom. The van der Waals surface area contributed by atoms with Crippen LogP contribution in [0.4, 0.5) is 0 Å². The third kappa shape index (κ3) is 4.02. The molecule has 0 N–H and O–H groups in total. The maximum Gasteiger partial charge on any atom is 0.179 e. The summed E-state index contributed by atoms with van der Waals surface area (Å²) in [6, 6.07) is 8.76. The van der Waals surface area contributed by atoms with Crippen molar-refractivity contribution in [1.82, 2.24) is 0 Å². The first-order valence-corrected chi connectivity index (χ1v) is 9.28. The van der Waals surface area contributed by atoms with Crippen molar-refractivity contribution in [3.05, 3.63) is 30.3 Å². The Bertz CT molecular complexity index is 448. The predicted octanol–water partition coefficient (Wildman–Crippen LogP) is 3.53. The smallest absolute Gasteiger partial charge is 0.179 e. The van der Waals surface area contributed by atoms with Gasteiger partial charge in [0.2, 0.25) is 0 Å². The van der Waals surface area contributed by atoms with E-state index in [-0.39, 0.29) is 5.75 Å². The minimum absolute atomic E-state index is 0.262. The zero-order valence-corrected chi connectivity index (χ0v) is 12.2. The van der Waals surface area contributed by atoms with Crippen LogP contribution in [-0.2, 0) is 9.84 Å². The highest BCUT2D eigenvalue weighted by molar-refractivity contribution is 8.01. The van der Waals surface area contributed by atoms with E-state index in [2.05, 4.69) is 0 Å². The third-order valence-corrected chi connectivity index (χ3v) is 6.73. The van der Waals surface area contributed by atoms with E-state index >= 15 is 0 Å². The summed E-state index contributed by atoms with van der Waals surface area (Å²) in [5.41, 5.74) is 0. The monoisotopic (exact) mass is 284 g/mol. The molecular formula is C14H20O2S2. The normalized spacial score (nSPS) is 17.8. The minimum Gasteiger partial charge on any atom is -0.224 e. The van der Waals surface area contributed by atoms with Gasteiger partial charge in [0.1, 0.15) is 0 Å². The standard InChI is InChI=1S/C14H20O2S2/c15-18(16,14-9-5-2-6-10-14)12-11-17-13-7-3-1-4-8-13/h2,5-6,9-10,13H,1,3-4,7-8,11-12H2. The van der Waals surface area contributed by atoms with Crippen LogP contribution in [0.1, 0.15) is 32.1 Å². The highest BCUT2D eigenvalue weighted by Crippen LogP contribution is 2.28.